The van der Waals surface area contributed by atoms with E-state index in [-0.39, 0.29) is 16.0 Å². The predicted octanol–water partition coefficient (Wildman–Crippen LogP) is 5.19. The third-order valence-corrected chi connectivity index (χ3v) is 4.69. The minimum Gasteiger partial charge on any atom is -0.489 e. The zero-order valence-corrected chi connectivity index (χ0v) is 17.2. The lowest BCUT2D eigenvalue weighted by Gasteiger charge is -2.11. The minimum absolute atomic E-state index is 0.0870. The lowest BCUT2D eigenvalue weighted by atomic mass is 10.2. The van der Waals surface area contributed by atoms with Crippen LogP contribution >= 0.6 is 23.8 Å². The van der Waals surface area contributed by atoms with Crippen LogP contribution in [0, 0.1) is 0 Å². The molecule has 0 unspecified atom stereocenters. The monoisotopic (exact) mass is 437 g/mol. The van der Waals surface area contributed by atoms with Crippen LogP contribution in [-0.2, 0) is 6.61 Å². The number of carbonyl (C=O) groups is 1. The number of rotatable bonds is 5. The fraction of sp³-hybridized carbons (Fsp3) is 0.0455. The summed E-state index contributed by atoms with van der Waals surface area (Å²) >= 11 is 11.3. The zero-order chi connectivity index (χ0) is 20.9. The highest BCUT2D eigenvalue weighted by molar-refractivity contribution is 7.80. The summed E-state index contributed by atoms with van der Waals surface area (Å²) in [5.41, 5.74) is 2.23. The van der Waals surface area contributed by atoms with Crippen LogP contribution in [0.15, 0.2) is 77.3 Å². The van der Waals surface area contributed by atoms with Gasteiger partial charge in [-0.15, -0.1) is 0 Å². The number of thiocarbonyl (C=S) groups is 1. The van der Waals surface area contributed by atoms with Crippen molar-refractivity contribution in [1.82, 2.24) is 10.3 Å². The van der Waals surface area contributed by atoms with Crippen molar-refractivity contribution in [3.63, 3.8) is 0 Å². The van der Waals surface area contributed by atoms with Gasteiger partial charge in [0.1, 0.15) is 23.1 Å². The number of amides is 1. The molecular formula is C22H16ClN3O3S. The number of ether oxygens (including phenoxy) is 1. The number of hydrogen-bond donors (Lipinski definition) is 2. The second-order valence-corrected chi connectivity index (χ2v) is 7.10. The average Bonchev–Trinajstić information content (AvgIpc) is 3.19. The summed E-state index contributed by atoms with van der Waals surface area (Å²) in [5.74, 6) is 0.276. The highest BCUT2D eigenvalue weighted by Gasteiger charge is 2.15. The Bertz CT molecular complexity index is 1210. The molecule has 1 amide bonds. The van der Waals surface area contributed by atoms with Gasteiger partial charge in [-0.05, 0) is 36.0 Å². The van der Waals surface area contributed by atoms with Crippen molar-refractivity contribution in [1.29, 1.82) is 0 Å². The topological polar surface area (TPSA) is 76.4 Å². The van der Waals surface area contributed by atoms with Crippen LogP contribution in [0.3, 0.4) is 0 Å². The van der Waals surface area contributed by atoms with Crippen LogP contribution in [0.5, 0.6) is 5.75 Å². The Morgan fingerprint density at radius 2 is 1.93 bits per heavy atom. The Morgan fingerprint density at radius 1 is 1.10 bits per heavy atom. The van der Waals surface area contributed by atoms with E-state index in [0.29, 0.717) is 29.0 Å². The normalized spacial score (nSPS) is 10.6. The molecule has 2 heterocycles. The van der Waals surface area contributed by atoms with Crippen LogP contribution in [0.2, 0.25) is 5.15 Å². The maximum absolute atomic E-state index is 12.4. The van der Waals surface area contributed by atoms with E-state index < -0.39 is 5.91 Å². The lowest BCUT2D eigenvalue weighted by Crippen LogP contribution is -2.33. The molecule has 0 aliphatic rings. The number of aromatic nitrogens is 1. The molecule has 2 aromatic carbocycles. The molecule has 30 heavy (non-hydrogen) atoms. The summed E-state index contributed by atoms with van der Waals surface area (Å²) < 4.78 is 11.3. The molecule has 4 aromatic rings. The molecule has 0 saturated heterocycles. The fourth-order valence-electron chi connectivity index (χ4n) is 2.77. The molecule has 0 fully saturated rings. The minimum atomic E-state index is -0.490. The van der Waals surface area contributed by atoms with Crippen LogP contribution in [0.25, 0.3) is 11.0 Å². The van der Waals surface area contributed by atoms with Gasteiger partial charge in [0.2, 0.25) is 0 Å². The molecular weight excluding hydrogens is 422 g/mol. The largest absolute Gasteiger partial charge is 0.489 e. The molecule has 0 aliphatic heterocycles. The van der Waals surface area contributed by atoms with Gasteiger partial charge in [0.15, 0.2) is 10.9 Å². The summed E-state index contributed by atoms with van der Waals surface area (Å²) in [6.07, 6.45) is 1.51. The Hall–Kier alpha value is -3.42. The van der Waals surface area contributed by atoms with E-state index in [9.17, 15) is 4.79 Å². The molecule has 150 valence electrons. The molecule has 4 rings (SSSR count). The highest BCUT2D eigenvalue weighted by Crippen LogP contribution is 2.24. The predicted molar refractivity (Wildman–Crippen MR) is 120 cm³/mol. The summed E-state index contributed by atoms with van der Waals surface area (Å²) in [7, 11) is 0. The summed E-state index contributed by atoms with van der Waals surface area (Å²) in [6.45, 7) is 0.453. The number of carbonyl (C=O) groups excluding carboxylic acids is 1. The van der Waals surface area contributed by atoms with Crippen molar-refractivity contribution in [3.05, 3.63) is 89.4 Å². The summed E-state index contributed by atoms with van der Waals surface area (Å²) in [5, 5.41) is 6.51. The molecule has 0 aliphatic carbocycles. The van der Waals surface area contributed by atoms with Crippen molar-refractivity contribution in [2.45, 2.75) is 6.61 Å². The van der Waals surface area contributed by atoms with E-state index in [4.69, 9.17) is 33.0 Å². The zero-order valence-electron chi connectivity index (χ0n) is 15.6. The van der Waals surface area contributed by atoms with Crippen LogP contribution in [0.4, 0.5) is 5.69 Å². The second kappa shape index (κ2) is 8.94. The van der Waals surface area contributed by atoms with Crippen LogP contribution in [0.1, 0.15) is 16.1 Å². The maximum atomic E-state index is 12.4. The van der Waals surface area contributed by atoms with Crippen molar-refractivity contribution in [3.8, 4) is 5.75 Å². The number of nitrogens with zero attached hydrogens (tertiary/aromatic N) is 1. The van der Waals surface area contributed by atoms with Gasteiger partial charge in [0, 0.05) is 24.0 Å². The maximum Gasteiger partial charge on any atom is 0.293 e. The van der Waals surface area contributed by atoms with Crippen molar-refractivity contribution < 1.29 is 13.9 Å². The molecule has 0 bridgehead atoms. The molecule has 2 aromatic heterocycles. The number of benzene rings is 2. The number of nitrogens with one attached hydrogen (secondary N) is 2. The van der Waals surface area contributed by atoms with Gasteiger partial charge in [-0.3, -0.25) is 10.1 Å². The Morgan fingerprint density at radius 3 is 2.73 bits per heavy atom. The molecule has 0 radical (unpaired) electrons. The molecule has 8 heteroatoms. The smallest absolute Gasteiger partial charge is 0.293 e. The number of anilines is 1. The third kappa shape index (κ3) is 4.76. The second-order valence-electron chi connectivity index (χ2n) is 6.33. The third-order valence-electron chi connectivity index (χ3n) is 4.19. The van der Waals surface area contributed by atoms with E-state index >= 15 is 0 Å². The molecule has 2 N–H and O–H groups in total. The van der Waals surface area contributed by atoms with Gasteiger partial charge in [0.25, 0.3) is 5.91 Å². The Balaban J connectivity index is 1.37. The molecule has 0 saturated carbocycles. The van der Waals surface area contributed by atoms with Gasteiger partial charge < -0.3 is 14.5 Å². The van der Waals surface area contributed by atoms with Gasteiger partial charge in [-0.25, -0.2) is 4.98 Å². The van der Waals surface area contributed by atoms with E-state index in [2.05, 4.69) is 15.6 Å². The SMILES string of the molecule is O=C(NC(=S)Nc1cccc(OCc2ccccc2)c1)c1cc2c(Cl)nccc2o1. The quantitative estimate of drug-likeness (QED) is 0.330. The first kappa shape index (κ1) is 19.9. The number of hydrogen-bond acceptors (Lipinski definition) is 5. The first-order valence-electron chi connectivity index (χ1n) is 9.02. The van der Waals surface area contributed by atoms with E-state index in [1.54, 1.807) is 12.1 Å². The number of fused-ring (bicyclic) bond motifs is 1. The van der Waals surface area contributed by atoms with E-state index in [1.165, 1.54) is 12.3 Å². The summed E-state index contributed by atoms with van der Waals surface area (Å²) in [6, 6.07) is 20.3. The molecule has 0 spiro atoms. The van der Waals surface area contributed by atoms with Gasteiger partial charge in [-0.1, -0.05) is 48.0 Å². The van der Waals surface area contributed by atoms with Crippen molar-refractivity contribution >= 4 is 51.5 Å². The average molecular weight is 438 g/mol. The fourth-order valence-corrected chi connectivity index (χ4v) is 3.19. The standard InChI is InChI=1S/C22H16ClN3O3S/c23-20-17-12-19(29-18(17)9-10-24-20)21(27)26-22(30)25-15-7-4-8-16(11-15)28-13-14-5-2-1-3-6-14/h1-12H,13H2,(H2,25,26,27,30). The van der Waals surface area contributed by atoms with Gasteiger partial charge in [-0.2, -0.15) is 0 Å². The van der Waals surface area contributed by atoms with Gasteiger partial charge >= 0.3 is 0 Å². The first-order chi connectivity index (χ1) is 14.6. The number of pyridine rings is 1. The highest BCUT2D eigenvalue weighted by atomic mass is 35.5. The molecule has 6 nitrogen and oxygen atoms in total. The number of halogens is 1. The van der Waals surface area contributed by atoms with Crippen LogP contribution in [-0.4, -0.2) is 16.0 Å². The van der Waals surface area contributed by atoms with E-state index in [0.717, 1.165) is 5.56 Å². The Kier molecular flexibility index (Phi) is 5.92. The van der Waals surface area contributed by atoms with Crippen molar-refractivity contribution in [2.24, 2.45) is 0 Å². The Labute approximate surface area is 182 Å². The van der Waals surface area contributed by atoms with Crippen LogP contribution < -0.4 is 15.4 Å². The van der Waals surface area contributed by atoms with Gasteiger partial charge in [0.05, 0.1) is 5.39 Å². The summed E-state index contributed by atoms with van der Waals surface area (Å²) in [4.78, 5) is 16.4. The molecule has 0 atom stereocenters. The van der Waals surface area contributed by atoms with E-state index in [1.807, 2.05) is 48.5 Å². The first-order valence-corrected chi connectivity index (χ1v) is 9.80. The van der Waals surface area contributed by atoms with Crippen molar-refractivity contribution in [2.75, 3.05) is 5.32 Å². The lowest BCUT2D eigenvalue weighted by molar-refractivity contribution is 0.0953. The number of furan rings is 1.